The van der Waals surface area contributed by atoms with Crippen molar-refractivity contribution in [1.82, 2.24) is 9.55 Å². The van der Waals surface area contributed by atoms with Crippen LogP contribution < -0.4 is 5.73 Å². The minimum absolute atomic E-state index is 0.137. The molecule has 0 amide bonds. The van der Waals surface area contributed by atoms with Crippen molar-refractivity contribution in [3.8, 4) is 11.4 Å². The third kappa shape index (κ3) is 2.31. The molecule has 1 atom stereocenters. The van der Waals surface area contributed by atoms with Gasteiger partial charge in [-0.15, -0.1) is 0 Å². The van der Waals surface area contributed by atoms with Gasteiger partial charge in [0.05, 0.1) is 0 Å². The van der Waals surface area contributed by atoms with Gasteiger partial charge in [0, 0.05) is 30.5 Å². The molecule has 3 heteroatoms. The number of hydrogen-bond acceptors (Lipinski definition) is 2. The van der Waals surface area contributed by atoms with Gasteiger partial charge in [-0.05, 0) is 19.9 Å². The van der Waals surface area contributed by atoms with Crippen molar-refractivity contribution >= 4 is 0 Å². The molecule has 3 nitrogen and oxygen atoms in total. The minimum Gasteiger partial charge on any atom is -0.329 e. The smallest absolute Gasteiger partial charge is 0.139 e. The fourth-order valence-electron chi connectivity index (χ4n) is 1.81. The largest absolute Gasteiger partial charge is 0.329 e. The van der Waals surface area contributed by atoms with Crippen LogP contribution in [0.5, 0.6) is 0 Å². The lowest BCUT2D eigenvalue weighted by atomic mass is 10.1. The summed E-state index contributed by atoms with van der Waals surface area (Å²) in [7, 11) is 0. The average Bonchev–Trinajstić information content (AvgIpc) is 2.65. The number of imidazole rings is 1. The first-order valence-corrected chi connectivity index (χ1v) is 5.50. The molecule has 0 spiro atoms. The lowest BCUT2D eigenvalue weighted by molar-refractivity contribution is 0.594. The number of benzene rings is 1. The molecule has 0 unspecified atom stereocenters. The van der Waals surface area contributed by atoms with E-state index in [1.165, 1.54) is 5.56 Å². The SMILES string of the molecule is Cc1cccc(-c2nccn2C[C@H](C)N)c1. The van der Waals surface area contributed by atoms with Crippen molar-refractivity contribution in [2.75, 3.05) is 0 Å². The number of rotatable bonds is 3. The van der Waals surface area contributed by atoms with Crippen LogP contribution in [0.2, 0.25) is 0 Å². The minimum atomic E-state index is 0.137. The maximum Gasteiger partial charge on any atom is 0.139 e. The van der Waals surface area contributed by atoms with E-state index in [0.717, 1.165) is 17.9 Å². The van der Waals surface area contributed by atoms with Gasteiger partial charge in [-0.25, -0.2) is 4.98 Å². The lowest BCUT2D eigenvalue weighted by Gasteiger charge is -2.10. The molecule has 84 valence electrons. The zero-order valence-electron chi connectivity index (χ0n) is 9.72. The molecule has 2 N–H and O–H groups in total. The van der Waals surface area contributed by atoms with E-state index in [4.69, 9.17) is 5.73 Å². The van der Waals surface area contributed by atoms with Crippen molar-refractivity contribution in [2.45, 2.75) is 26.4 Å². The van der Waals surface area contributed by atoms with Gasteiger partial charge in [0.2, 0.25) is 0 Å². The average molecular weight is 215 g/mol. The molecule has 2 rings (SSSR count). The Bertz CT molecular complexity index is 472. The first-order chi connectivity index (χ1) is 7.66. The maximum absolute atomic E-state index is 5.81. The zero-order valence-corrected chi connectivity index (χ0v) is 9.72. The second-order valence-corrected chi connectivity index (χ2v) is 4.25. The molecule has 0 saturated carbocycles. The molecule has 16 heavy (non-hydrogen) atoms. The molecule has 2 aromatic rings. The third-order valence-electron chi connectivity index (χ3n) is 2.48. The van der Waals surface area contributed by atoms with Gasteiger partial charge in [-0.3, -0.25) is 0 Å². The topological polar surface area (TPSA) is 43.8 Å². The quantitative estimate of drug-likeness (QED) is 0.853. The van der Waals surface area contributed by atoms with Crippen LogP contribution in [0.4, 0.5) is 0 Å². The van der Waals surface area contributed by atoms with Gasteiger partial charge in [-0.2, -0.15) is 0 Å². The molecule has 1 heterocycles. The van der Waals surface area contributed by atoms with E-state index >= 15 is 0 Å². The van der Waals surface area contributed by atoms with Crippen LogP contribution >= 0.6 is 0 Å². The molecule has 1 aromatic carbocycles. The highest BCUT2D eigenvalue weighted by molar-refractivity contribution is 5.56. The van der Waals surface area contributed by atoms with Gasteiger partial charge in [-0.1, -0.05) is 23.8 Å². The number of aromatic nitrogens is 2. The van der Waals surface area contributed by atoms with Crippen LogP contribution in [0, 0.1) is 6.92 Å². The second-order valence-electron chi connectivity index (χ2n) is 4.25. The normalized spacial score (nSPS) is 12.7. The van der Waals surface area contributed by atoms with Gasteiger partial charge < -0.3 is 10.3 Å². The van der Waals surface area contributed by atoms with Crippen molar-refractivity contribution in [1.29, 1.82) is 0 Å². The van der Waals surface area contributed by atoms with E-state index in [2.05, 4.69) is 40.7 Å². The highest BCUT2D eigenvalue weighted by Gasteiger charge is 2.06. The second kappa shape index (κ2) is 4.49. The molecule has 0 saturated heterocycles. The third-order valence-corrected chi connectivity index (χ3v) is 2.48. The molecule has 0 aliphatic heterocycles. The standard InChI is InChI=1S/C13H17N3/c1-10-4-3-5-12(8-10)13-15-6-7-16(13)9-11(2)14/h3-8,11H,9,14H2,1-2H3/t11-/m0/s1. The first kappa shape index (κ1) is 10.9. The van der Waals surface area contributed by atoms with Crippen LogP contribution in [0.1, 0.15) is 12.5 Å². The van der Waals surface area contributed by atoms with Crippen molar-refractivity contribution in [3.63, 3.8) is 0 Å². The summed E-state index contributed by atoms with van der Waals surface area (Å²) in [5.74, 6) is 0.987. The Balaban J connectivity index is 2.37. The lowest BCUT2D eigenvalue weighted by Crippen LogP contribution is -2.22. The highest BCUT2D eigenvalue weighted by Crippen LogP contribution is 2.18. The van der Waals surface area contributed by atoms with E-state index < -0.39 is 0 Å². The Kier molecular flexibility index (Phi) is 3.06. The summed E-state index contributed by atoms with van der Waals surface area (Å²) in [6, 6.07) is 8.49. The Morgan fingerprint density at radius 1 is 1.44 bits per heavy atom. The Morgan fingerprint density at radius 3 is 2.94 bits per heavy atom. The molecule has 0 radical (unpaired) electrons. The van der Waals surface area contributed by atoms with Gasteiger partial charge in [0.1, 0.15) is 5.82 Å². The first-order valence-electron chi connectivity index (χ1n) is 5.50. The molecule has 0 aliphatic rings. The van der Waals surface area contributed by atoms with Crippen molar-refractivity contribution in [3.05, 3.63) is 42.2 Å². The van der Waals surface area contributed by atoms with Crippen LogP contribution in [0.15, 0.2) is 36.7 Å². The van der Waals surface area contributed by atoms with E-state index in [1.807, 2.05) is 19.3 Å². The van der Waals surface area contributed by atoms with Crippen LogP contribution in [-0.4, -0.2) is 15.6 Å². The van der Waals surface area contributed by atoms with E-state index in [9.17, 15) is 0 Å². The molecule has 0 bridgehead atoms. The molecule has 0 fully saturated rings. The summed E-state index contributed by atoms with van der Waals surface area (Å²) in [5.41, 5.74) is 8.20. The summed E-state index contributed by atoms with van der Waals surface area (Å²) in [6.45, 7) is 4.88. The maximum atomic E-state index is 5.81. The fourth-order valence-corrected chi connectivity index (χ4v) is 1.81. The predicted molar refractivity (Wildman–Crippen MR) is 66.0 cm³/mol. The number of nitrogens with two attached hydrogens (primary N) is 1. The number of nitrogens with zero attached hydrogens (tertiary/aromatic N) is 2. The van der Waals surface area contributed by atoms with Gasteiger partial charge in [0.25, 0.3) is 0 Å². The van der Waals surface area contributed by atoms with Crippen LogP contribution in [-0.2, 0) is 6.54 Å². The molecular weight excluding hydrogens is 198 g/mol. The highest BCUT2D eigenvalue weighted by atomic mass is 15.1. The molecule has 1 aromatic heterocycles. The summed E-state index contributed by atoms with van der Waals surface area (Å²) in [4.78, 5) is 4.39. The van der Waals surface area contributed by atoms with E-state index in [1.54, 1.807) is 0 Å². The molecule has 0 aliphatic carbocycles. The van der Waals surface area contributed by atoms with E-state index in [-0.39, 0.29) is 6.04 Å². The Hall–Kier alpha value is -1.61. The van der Waals surface area contributed by atoms with Gasteiger partial charge in [0.15, 0.2) is 0 Å². The van der Waals surface area contributed by atoms with Crippen molar-refractivity contribution < 1.29 is 0 Å². The zero-order chi connectivity index (χ0) is 11.5. The number of aryl methyl sites for hydroxylation is 1. The summed E-state index contributed by atoms with van der Waals surface area (Å²) < 4.78 is 2.10. The van der Waals surface area contributed by atoms with E-state index in [0.29, 0.717) is 0 Å². The van der Waals surface area contributed by atoms with Crippen molar-refractivity contribution in [2.24, 2.45) is 5.73 Å². The monoisotopic (exact) mass is 215 g/mol. The summed E-state index contributed by atoms with van der Waals surface area (Å²) >= 11 is 0. The Labute approximate surface area is 95.9 Å². The molecular formula is C13H17N3. The fraction of sp³-hybridized carbons (Fsp3) is 0.308. The van der Waals surface area contributed by atoms with Crippen LogP contribution in [0.25, 0.3) is 11.4 Å². The Morgan fingerprint density at radius 2 is 2.25 bits per heavy atom. The predicted octanol–water partition coefficient (Wildman–Crippen LogP) is 2.21. The van der Waals surface area contributed by atoms with Crippen LogP contribution in [0.3, 0.4) is 0 Å². The number of hydrogen-bond donors (Lipinski definition) is 1. The summed E-state index contributed by atoms with van der Waals surface area (Å²) in [5, 5.41) is 0. The summed E-state index contributed by atoms with van der Waals surface area (Å²) in [6.07, 6.45) is 3.79. The van der Waals surface area contributed by atoms with Gasteiger partial charge >= 0.3 is 0 Å².